The number of fused-ring (bicyclic) bond motifs is 1. The van der Waals surface area contributed by atoms with Gasteiger partial charge in [0.25, 0.3) is 0 Å². The summed E-state index contributed by atoms with van der Waals surface area (Å²) in [4.78, 5) is 23.8. The van der Waals surface area contributed by atoms with E-state index in [0.717, 1.165) is 6.07 Å². The number of rotatable bonds is 4. The lowest BCUT2D eigenvalue weighted by atomic mass is 9.99. The highest BCUT2D eigenvalue weighted by molar-refractivity contribution is 6.16. The number of ether oxygens (including phenoxy) is 3. The van der Waals surface area contributed by atoms with Gasteiger partial charge in [0, 0.05) is 12.1 Å². The first-order valence-corrected chi connectivity index (χ1v) is 9.49. The number of allylic oxidation sites excluding steroid dienone is 1. The number of phenols is 3. The Morgan fingerprint density at radius 1 is 0.939 bits per heavy atom. The van der Waals surface area contributed by atoms with Crippen LogP contribution in [0.3, 0.4) is 0 Å². The molecule has 0 spiro atoms. The predicted octanol–water partition coefficient (Wildman–Crippen LogP) is -0.309. The first-order chi connectivity index (χ1) is 15.6. The Hall–Kier alpha value is -3.84. The summed E-state index contributed by atoms with van der Waals surface area (Å²) in [5, 5.41) is 68.1. The highest BCUT2D eigenvalue weighted by Crippen LogP contribution is 2.42. The zero-order valence-corrected chi connectivity index (χ0v) is 16.5. The number of benzene rings is 2. The van der Waals surface area contributed by atoms with Gasteiger partial charge in [0.05, 0.1) is 0 Å². The van der Waals surface area contributed by atoms with Crippen molar-refractivity contribution in [1.29, 1.82) is 0 Å². The van der Waals surface area contributed by atoms with E-state index < -0.39 is 54.0 Å². The molecule has 1 fully saturated rings. The van der Waals surface area contributed by atoms with Crippen LogP contribution in [0.1, 0.15) is 15.9 Å². The molecule has 0 unspecified atom stereocenters. The number of phenolic OH excluding ortho intramolecular Hbond substituents is 3. The second-order valence-electron chi connectivity index (χ2n) is 7.36. The largest absolute Gasteiger partial charge is 0.507 e. The minimum absolute atomic E-state index is 0.120. The number of aromatic hydroxyl groups is 3. The van der Waals surface area contributed by atoms with Crippen molar-refractivity contribution in [1.82, 2.24) is 0 Å². The number of carboxylic acid groups (broad SMARTS) is 1. The molecule has 33 heavy (non-hydrogen) atoms. The molecule has 12 nitrogen and oxygen atoms in total. The number of carboxylic acids is 1. The molecule has 2 heterocycles. The molecule has 0 amide bonds. The third-order valence-electron chi connectivity index (χ3n) is 5.09. The molecule has 2 aliphatic rings. The van der Waals surface area contributed by atoms with Crippen LogP contribution in [0.5, 0.6) is 28.7 Å². The van der Waals surface area contributed by atoms with Crippen LogP contribution >= 0.6 is 0 Å². The molecule has 7 N–H and O–H groups in total. The predicted molar refractivity (Wildman–Crippen MR) is 106 cm³/mol. The van der Waals surface area contributed by atoms with Gasteiger partial charge in [-0.1, -0.05) is 6.07 Å². The van der Waals surface area contributed by atoms with Gasteiger partial charge in [-0.3, -0.25) is 4.79 Å². The Morgan fingerprint density at radius 2 is 1.67 bits per heavy atom. The Bertz CT molecular complexity index is 1160. The van der Waals surface area contributed by atoms with Crippen LogP contribution < -0.4 is 9.47 Å². The van der Waals surface area contributed by atoms with Gasteiger partial charge < -0.3 is 50.0 Å². The zero-order chi connectivity index (χ0) is 24.0. The van der Waals surface area contributed by atoms with Gasteiger partial charge in [-0.05, 0) is 23.8 Å². The van der Waals surface area contributed by atoms with Crippen LogP contribution in [0, 0.1) is 0 Å². The molecule has 0 radical (unpaired) electrons. The number of carbonyl (C=O) groups is 2. The average Bonchev–Trinajstić information content (AvgIpc) is 3.06. The van der Waals surface area contributed by atoms with Gasteiger partial charge in [-0.2, -0.15) is 0 Å². The Morgan fingerprint density at radius 3 is 2.33 bits per heavy atom. The summed E-state index contributed by atoms with van der Waals surface area (Å²) in [5.74, 6) is -4.12. The molecule has 0 saturated carbocycles. The van der Waals surface area contributed by atoms with E-state index in [-0.39, 0.29) is 28.6 Å². The Labute approximate surface area is 184 Å². The van der Waals surface area contributed by atoms with Crippen LogP contribution in [-0.4, -0.2) is 78.2 Å². The van der Waals surface area contributed by atoms with Crippen LogP contribution in [0.4, 0.5) is 0 Å². The number of ketones is 1. The minimum atomic E-state index is -1.90. The second kappa shape index (κ2) is 8.26. The smallest absolute Gasteiger partial charge is 0.335 e. The molecule has 12 heteroatoms. The summed E-state index contributed by atoms with van der Waals surface area (Å²) >= 11 is 0. The van der Waals surface area contributed by atoms with Crippen molar-refractivity contribution < 1.29 is 59.5 Å². The van der Waals surface area contributed by atoms with Crippen molar-refractivity contribution >= 4 is 17.8 Å². The Kier molecular flexibility index (Phi) is 5.59. The fourth-order valence-corrected chi connectivity index (χ4v) is 3.40. The topological polar surface area (TPSA) is 203 Å². The van der Waals surface area contributed by atoms with E-state index in [9.17, 15) is 40.2 Å². The number of hydrogen-bond acceptors (Lipinski definition) is 11. The Balaban J connectivity index is 1.59. The van der Waals surface area contributed by atoms with Crippen LogP contribution in [0.2, 0.25) is 0 Å². The van der Waals surface area contributed by atoms with E-state index in [1.165, 1.54) is 30.3 Å². The SMILES string of the molecule is O=C1C(=Cc2ccc(O)c(O)c2)Oc2cc(O[C@@H]3O[C@@H](C(=O)O)[C@H](O)[C@@H](O)[C@@H]3O)cc(O)c21. The summed E-state index contributed by atoms with van der Waals surface area (Å²) in [6, 6.07) is 5.99. The number of aliphatic hydroxyl groups excluding tert-OH is 3. The van der Waals surface area contributed by atoms with Crippen LogP contribution in [0.25, 0.3) is 6.08 Å². The lowest BCUT2D eigenvalue weighted by Gasteiger charge is -2.38. The third-order valence-corrected chi connectivity index (χ3v) is 5.09. The van der Waals surface area contributed by atoms with Crippen molar-refractivity contribution in [3.8, 4) is 28.7 Å². The van der Waals surface area contributed by atoms with Crippen molar-refractivity contribution in [3.05, 3.63) is 47.2 Å². The number of Topliss-reactive ketones (excluding diaryl/α,β-unsaturated/α-hetero) is 1. The molecule has 4 rings (SSSR count). The normalized spacial score (nSPS) is 27.8. The van der Waals surface area contributed by atoms with Gasteiger partial charge in [-0.15, -0.1) is 0 Å². The molecule has 2 aliphatic heterocycles. The summed E-state index contributed by atoms with van der Waals surface area (Å²) in [5.41, 5.74) is 0.129. The van der Waals surface area contributed by atoms with E-state index in [0.29, 0.717) is 5.56 Å². The maximum Gasteiger partial charge on any atom is 0.335 e. The molecule has 2 aromatic rings. The van der Waals surface area contributed by atoms with E-state index in [1.54, 1.807) is 0 Å². The standard InChI is InChI=1S/C21H18O12/c22-9-2-1-7(3-10(9)23)4-13-15(25)14-11(24)5-8(6-12(14)32-13)31-21-18(28)16(26)17(27)19(33-21)20(29)30/h1-6,16-19,21-24,26-28H,(H,29,30)/t16-,17-,18+,19-,21-/m1/s1. The number of carbonyl (C=O) groups excluding carboxylic acids is 1. The van der Waals surface area contributed by atoms with Crippen LogP contribution in [-0.2, 0) is 9.53 Å². The summed E-state index contributed by atoms with van der Waals surface area (Å²) in [7, 11) is 0. The maximum absolute atomic E-state index is 12.6. The van der Waals surface area contributed by atoms with Crippen molar-refractivity contribution in [3.63, 3.8) is 0 Å². The number of hydrogen-bond donors (Lipinski definition) is 7. The van der Waals surface area contributed by atoms with Gasteiger partial charge in [0.1, 0.15) is 41.1 Å². The number of aliphatic carboxylic acids is 1. The monoisotopic (exact) mass is 462 g/mol. The van der Waals surface area contributed by atoms with E-state index in [4.69, 9.17) is 19.3 Å². The molecule has 0 aromatic heterocycles. The lowest BCUT2D eigenvalue weighted by molar-refractivity contribution is -0.271. The highest BCUT2D eigenvalue weighted by atomic mass is 16.7. The van der Waals surface area contributed by atoms with Gasteiger partial charge in [0.2, 0.25) is 12.1 Å². The molecular formula is C21H18O12. The van der Waals surface area contributed by atoms with Crippen molar-refractivity contribution in [2.75, 3.05) is 0 Å². The first-order valence-electron chi connectivity index (χ1n) is 9.49. The molecule has 2 aromatic carbocycles. The zero-order valence-electron chi connectivity index (χ0n) is 16.5. The average molecular weight is 462 g/mol. The fraction of sp³-hybridized carbons (Fsp3) is 0.238. The molecule has 174 valence electrons. The van der Waals surface area contributed by atoms with E-state index >= 15 is 0 Å². The maximum atomic E-state index is 12.6. The number of aliphatic hydroxyl groups is 3. The second-order valence-corrected chi connectivity index (χ2v) is 7.36. The van der Waals surface area contributed by atoms with E-state index in [1.807, 2.05) is 0 Å². The lowest BCUT2D eigenvalue weighted by Crippen LogP contribution is -2.61. The highest BCUT2D eigenvalue weighted by Gasteiger charge is 2.48. The molecule has 1 saturated heterocycles. The molecule has 0 bridgehead atoms. The molecular weight excluding hydrogens is 444 g/mol. The molecule has 5 atom stereocenters. The van der Waals surface area contributed by atoms with E-state index in [2.05, 4.69) is 0 Å². The van der Waals surface area contributed by atoms with Crippen molar-refractivity contribution in [2.45, 2.75) is 30.7 Å². The summed E-state index contributed by atoms with van der Waals surface area (Å²) in [6.07, 6.45) is -7.96. The summed E-state index contributed by atoms with van der Waals surface area (Å²) in [6.45, 7) is 0. The summed E-state index contributed by atoms with van der Waals surface area (Å²) < 4.78 is 15.8. The van der Waals surface area contributed by atoms with Gasteiger partial charge in [0.15, 0.2) is 23.4 Å². The third kappa shape index (κ3) is 4.03. The van der Waals surface area contributed by atoms with Gasteiger partial charge in [-0.25, -0.2) is 4.79 Å². The minimum Gasteiger partial charge on any atom is -0.507 e. The van der Waals surface area contributed by atoms with Gasteiger partial charge >= 0.3 is 5.97 Å². The fourth-order valence-electron chi connectivity index (χ4n) is 3.40. The quantitative estimate of drug-likeness (QED) is 0.231. The van der Waals surface area contributed by atoms with Crippen molar-refractivity contribution in [2.24, 2.45) is 0 Å². The van der Waals surface area contributed by atoms with Crippen LogP contribution in [0.15, 0.2) is 36.1 Å². The molecule has 0 aliphatic carbocycles. The first kappa shape index (κ1) is 22.4.